The van der Waals surface area contributed by atoms with Crippen LogP contribution >= 0.6 is 0 Å². The molecule has 0 aliphatic carbocycles. The van der Waals surface area contributed by atoms with Crippen LogP contribution in [-0.4, -0.2) is 61.0 Å². The largest absolute Gasteiger partial charge is 0.507 e. The van der Waals surface area contributed by atoms with Crippen molar-refractivity contribution in [3.8, 4) is 51.6 Å². The number of carbonyl (C=O) groups is 1. The second kappa shape index (κ2) is 11.9. The molecule has 0 saturated heterocycles. The van der Waals surface area contributed by atoms with Gasteiger partial charge in [0, 0.05) is 22.8 Å². The lowest BCUT2D eigenvalue weighted by molar-refractivity contribution is -0.141. The van der Waals surface area contributed by atoms with Crippen LogP contribution in [0.3, 0.4) is 0 Å². The number of allylic oxidation sites excluding steroid dienone is 1. The Hall–Kier alpha value is -5.36. The first-order chi connectivity index (χ1) is 21.7. The van der Waals surface area contributed by atoms with E-state index in [9.17, 15) is 45.3 Å². The molecule has 1 aliphatic rings. The van der Waals surface area contributed by atoms with E-state index in [1.54, 1.807) is 19.1 Å². The minimum absolute atomic E-state index is 0.0406. The average molecular weight is 635 g/mol. The predicted molar refractivity (Wildman–Crippen MR) is 166 cm³/mol. The number of methoxy groups -OCH3 is 1. The molecule has 5 rings (SSSR count). The molecule has 1 unspecified atom stereocenters. The van der Waals surface area contributed by atoms with E-state index in [1.807, 2.05) is 13.8 Å². The Labute approximate surface area is 262 Å². The van der Waals surface area contributed by atoms with Gasteiger partial charge >= 0.3 is 5.97 Å². The molecule has 0 bridgehead atoms. The first-order valence-corrected chi connectivity index (χ1v) is 14.4. The molecule has 1 atom stereocenters. The van der Waals surface area contributed by atoms with Gasteiger partial charge in [0.2, 0.25) is 11.2 Å². The van der Waals surface area contributed by atoms with Crippen molar-refractivity contribution in [2.24, 2.45) is 0 Å². The van der Waals surface area contributed by atoms with Gasteiger partial charge < -0.3 is 49.6 Å². The van der Waals surface area contributed by atoms with Gasteiger partial charge in [-0.2, -0.15) is 0 Å². The highest BCUT2D eigenvalue weighted by atomic mass is 16.5. The summed E-state index contributed by atoms with van der Waals surface area (Å²) in [5, 5.41) is 73.0. The monoisotopic (exact) mass is 634 g/mol. The number of aliphatic hydroxyl groups excluding tert-OH is 1. The van der Waals surface area contributed by atoms with Crippen molar-refractivity contribution in [3.63, 3.8) is 0 Å². The number of aliphatic hydroxyl groups is 1. The molecular formula is C34H34O12. The fourth-order valence-corrected chi connectivity index (χ4v) is 5.65. The normalized spacial score (nSPS) is 14.8. The third-order valence-corrected chi connectivity index (χ3v) is 8.16. The Balaban J connectivity index is 1.88. The van der Waals surface area contributed by atoms with Gasteiger partial charge in [-0.3, -0.25) is 9.59 Å². The predicted octanol–water partition coefficient (Wildman–Crippen LogP) is 4.58. The highest BCUT2D eigenvalue weighted by Crippen LogP contribution is 2.50. The second-order valence-corrected chi connectivity index (χ2v) is 11.9. The lowest BCUT2D eigenvalue weighted by Gasteiger charge is -2.35. The quantitative estimate of drug-likeness (QED) is 0.0847. The molecule has 242 valence electrons. The van der Waals surface area contributed by atoms with Gasteiger partial charge in [-0.25, -0.2) is 0 Å². The number of hydrogen-bond donors (Lipinski definition) is 7. The molecule has 0 amide bonds. The van der Waals surface area contributed by atoms with Crippen LogP contribution in [0.25, 0.3) is 22.3 Å². The van der Waals surface area contributed by atoms with Crippen LogP contribution in [0.2, 0.25) is 0 Å². The van der Waals surface area contributed by atoms with Crippen molar-refractivity contribution in [2.45, 2.75) is 51.6 Å². The van der Waals surface area contributed by atoms with Crippen LogP contribution in [-0.2, 0) is 22.4 Å². The summed E-state index contributed by atoms with van der Waals surface area (Å²) < 4.78 is 17.4. The fourth-order valence-electron chi connectivity index (χ4n) is 5.65. The maximum absolute atomic E-state index is 13.7. The molecule has 2 heterocycles. The van der Waals surface area contributed by atoms with Crippen molar-refractivity contribution in [1.82, 2.24) is 0 Å². The number of fused-ring (bicyclic) bond motifs is 2. The molecular weight excluding hydrogens is 600 g/mol. The second-order valence-electron chi connectivity index (χ2n) is 11.9. The zero-order valence-electron chi connectivity index (χ0n) is 25.5. The van der Waals surface area contributed by atoms with Gasteiger partial charge in [0.25, 0.3) is 0 Å². The number of hydrogen-bond acceptors (Lipinski definition) is 12. The maximum atomic E-state index is 13.7. The molecule has 12 nitrogen and oxygen atoms in total. The molecule has 0 saturated carbocycles. The van der Waals surface area contributed by atoms with Gasteiger partial charge in [-0.15, -0.1) is 0 Å². The minimum atomic E-state index is -1.51. The van der Waals surface area contributed by atoms with E-state index in [2.05, 4.69) is 0 Å². The number of benzene rings is 3. The standard InChI is InChI=1S/C34H34O12/c1-15(14-35)5-6-16-11-19(18-9-10-34(2,3)46-31(18)27(16)40)24(33(43)44-4)25-22(38)13-23(39)26-28(41)29(42)30(45-32(25)26)17-7-8-20(36)21(37)12-17/h5,7-8,11-13,24,35-40,42H,6,9-10,14H2,1-4H3. The molecule has 46 heavy (non-hydrogen) atoms. The number of phenols is 5. The summed E-state index contributed by atoms with van der Waals surface area (Å²) in [6, 6.07) is 5.78. The molecule has 3 aromatic carbocycles. The van der Waals surface area contributed by atoms with E-state index in [-0.39, 0.29) is 41.2 Å². The van der Waals surface area contributed by atoms with Crippen molar-refractivity contribution in [1.29, 1.82) is 0 Å². The summed E-state index contributed by atoms with van der Waals surface area (Å²) in [6.07, 6.45) is 2.66. The minimum Gasteiger partial charge on any atom is -0.507 e. The SMILES string of the molecule is COC(=O)C(c1cc(CC=C(C)CO)c(O)c2c1CCC(C)(C)O2)c1c(O)cc(O)c2c(=O)c(O)c(-c3ccc(O)c(O)c3)oc12. The number of phenolic OH excluding ortho intramolecular Hbond substituents is 5. The van der Waals surface area contributed by atoms with E-state index in [4.69, 9.17) is 13.9 Å². The Morgan fingerprint density at radius 3 is 2.37 bits per heavy atom. The highest BCUT2D eigenvalue weighted by Gasteiger charge is 2.39. The van der Waals surface area contributed by atoms with Crippen LogP contribution < -0.4 is 10.2 Å². The molecule has 1 aromatic heterocycles. The Kier molecular flexibility index (Phi) is 8.26. The molecule has 0 radical (unpaired) electrons. The van der Waals surface area contributed by atoms with Crippen molar-refractivity contribution >= 4 is 16.9 Å². The van der Waals surface area contributed by atoms with Crippen LogP contribution in [0.5, 0.6) is 40.2 Å². The van der Waals surface area contributed by atoms with Crippen LogP contribution in [0.4, 0.5) is 0 Å². The highest BCUT2D eigenvalue weighted by molar-refractivity contribution is 5.96. The molecule has 0 fully saturated rings. The van der Waals surface area contributed by atoms with Crippen molar-refractivity contribution in [3.05, 3.63) is 74.5 Å². The number of ether oxygens (including phenoxy) is 2. The fraction of sp³-hybridized carbons (Fsp3) is 0.294. The maximum Gasteiger partial charge on any atom is 0.317 e. The van der Waals surface area contributed by atoms with Crippen molar-refractivity contribution < 1.29 is 54.4 Å². The van der Waals surface area contributed by atoms with Gasteiger partial charge in [-0.1, -0.05) is 17.7 Å². The van der Waals surface area contributed by atoms with E-state index in [0.717, 1.165) is 25.3 Å². The van der Waals surface area contributed by atoms with E-state index >= 15 is 0 Å². The van der Waals surface area contributed by atoms with Crippen molar-refractivity contribution in [2.75, 3.05) is 13.7 Å². The van der Waals surface area contributed by atoms with Crippen LogP contribution in [0, 0.1) is 0 Å². The summed E-state index contributed by atoms with van der Waals surface area (Å²) in [5.41, 5.74) is -0.931. The Morgan fingerprint density at radius 1 is 1.00 bits per heavy atom. The molecule has 12 heteroatoms. The zero-order chi connectivity index (χ0) is 33.7. The average Bonchev–Trinajstić information content (AvgIpc) is 3.01. The number of aromatic hydroxyl groups is 6. The van der Waals surface area contributed by atoms with Crippen LogP contribution in [0.15, 0.2) is 51.2 Å². The number of rotatable bonds is 7. The smallest absolute Gasteiger partial charge is 0.317 e. The summed E-state index contributed by atoms with van der Waals surface area (Å²) in [6.45, 7) is 5.18. The topological polar surface area (TPSA) is 207 Å². The Morgan fingerprint density at radius 2 is 1.72 bits per heavy atom. The lowest BCUT2D eigenvalue weighted by Crippen LogP contribution is -2.34. The van der Waals surface area contributed by atoms with Gasteiger partial charge in [0.05, 0.1) is 19.3 Å². The molecule has 4 aromatic rings. The van der Waals surface area contributed by atoms with Crippen LogP contribution in [0.1, 0.15) is 55.4 Å². The summed E-state index contributed by atoms with van der Waals surface area (Å²) in [5.74, 6) is -6.32. The molecule has 1 aliphatic heterocycles. The summed E-state index contributed by atoms with van der Waals surface area (Å²) in [4.78, 5) is 27.2. The first kappa shape index (κ1) is 32.0. The third kappa shape index (κ3) is 5.51. The zero-order valence-corrected chi connectivity index (χ0v) is 25.5. The van der Waals surface area contributed by atoms with E-state index in [0.29, 0.717) is 29.5 Å². The lowest BCUT2D eigenvalue weighted by atomic mass is 9.81. The number of esters is 1. The Bertz CT molecular complexity index is 1970. The van der Waals surface area contributed by atoms with E-state index in [1.165, 1.54) is 6.07 Å². The summed E-state index contributed by atoms with van der Waals surface area (Å²) in [7, 11) is 1.13. The van der Waals surface area contributed by atoms with E-state index < -0.39 is 68.4 Å². The molecule has 7 N–H and O–H groups in total. The van der Waals surface area contributed by atoms with Gasteiger partial charge in [0.15, 0.2) is 34.3 Å². The summed E-state index contributed by atoms with van der Waals surface area (Å²) >= 11 is 0. The molecule has 0 spiro atoms. The third-order valence-electron chi connectivity index (χ3n) is 8.16. The first-order valence-electron chi connectivity index (χ1n) is 14.4. The number of carbonyl (C=O) groups excluding carboxylic acids is 1. The van der Waals surface area contributed by atoms with Gasteiger partial charge in [-0.05, 0) is 63.8 Å². The van der Waals surface area contributed by atoms with Gasteiger partial charge in [0.1, 0.15) is 28.4 Å².